The van der Waals surface area contributed by atoms with E-state index >= 15 is 0 Å². The van der Waals surface area contributed by atoms with Crippen LogP contribution in [0.5, 0.6) is 5.75 Å². The topological polar surface area (TPSA) is 81.7 Å². The molecule has 1 aromatic carbocycles. The van der Waals surface area contributed by atoms with Crippen molar-refractivity contribution in [3.8, 4) is 5.75 Å². The van der Waals surface area contributed by atoms with Crippen molar-refractivity contribution in [1.29, 1.82) is 0 Å². The van der Waals surface area contributed by atoms with Gasteiger partial charge in [0.25, 0.3) is 5.91 Å². The second-order valence-corrected chi connectivity index (χ2v) is 4.83. The lowest BCUT2D eigenvalue weighted by atomic mass is 10.1. The Morgan fingerprint density at radius 3 is 2.87 bits per heavy atom. The highest BCUT2D eigenvalue weighted by atomic mass is 16.5. The Hall–Kier alpha value is -3.02. The number of rotatable bonds is 5. The van der Waals surface area contributed by atoms with Crippen LogP contribution in [0.2, 0.25) is 0 Å². The quantitative estimate of drug-likeness (QED) is 0.732. The van der Waals surface area contributed by atoms with Crippen LogP contribution in [-0.4, -0.2) is 12.5 Å². The molecular weight excluding hydrogens is 298 g/mol. The minimum Gasteiger partial charge on any atom is -0.494 e. The molecule has 6 nitrogen and oxygen atoms in total. The molecule has 6 heteroatoms. The van der Waals surface area contributed by atoms with Gasteiger partial charge >= 0.3 is 5.63 Å². The highest BCUT2D eigenvalue weighted by molar-refractivity contribution is 6.05. The number of fused-ring (bicyclic) bond motifs is 1. The zero-order valence-corrected chi connectivity index (χ0v) is 12.5. The zero-order valence-electron chi connectivity index (χ0n) is 12.5. The second kappa shape index (κ2) is 6.39. The first-order chi connectivity index (χ1) is 11.2. The lowest BCUT2D eigenvalue weighted by Crippen LogP contribution is -2.24. The first-order valence-electron chi connectivity index (χ1n) is 7.18. The SMILES string of the molecule is CCOc1ccc2c(C(=O)NCc3ccco3)cc(=O)oc2c1. The number of nitrogens with one attached hydrogen (secondary N) is 1. The molecule has 3 aromatic rings. The Labute approximate surface area is 131 Å². The average molecular weight is 313 g/mol. The summed E-state index contributed by atoms with van der Waals surface area (Å²) in [5.74, 6) is 0.837. The minimum atomic E-state index is -0.589. The Bertz CT molecular complexity index is 880. The van der Waals surface area contributed by atoms with E-state index in [9.17, 15) is 9.59 Å². The Balaban J connectivity index is 1.92. The summed E-state index contributed by atoms with van der Waals surface area (Å²) in [7, 11) is 0. The molecular formula is C17H15NO5. The summed E-state index contributed by atoms with van der Waals surface area (Å²) in [6.45, 7) is 2.60. The van der Waals surface area contributed by atoms with Crippen LogP contribution in [-0.2, 0) is 6.54 Å². The molecule has 0 aliphatic heterocycles. The van der Waals surface area contributed by atoms with Gasteiger partial charge in [0, 0.05) is 17.5 Å². The molecule has 3 rings (SSSR count). The van der Waals surface area contributed by atoms with Crippen molar-refractivity contribution in [2.75, 3.05) is 6.61 Å². The molecule has 118 valence electrons. The van der Waals surface area contributed by atoms with Crippen LogP contribution in [0, 0.1) is 0 Å². The van der Waals surface area contributed by atoms with Gasteiger partial charge in [0.2, 0.25) is 0 Å². The fraction of sp³-hybridized carbons (Fsp3) is 0.176. The highest BCUT2D eigenvalue weighted by Crippen LogP contribution is 2.22. The second-order valence-electron chi connectivity index (χ2n) is 4.83. The maximum absolute atomic E-state index is 12.4. The number of benzene rings is 1. The third-order valence-corrected chi connectivity index (χ3v) is 3.27. The maximum atomic E-state index is 12.4. The lowest BCUT2D eigenvalue weighted by molar-refractivity contribution is 0.0949. The monoisotopic (exact) mass is 313 g/mol. The van der Waals surface area contributed by atoms with E-state index in [2.05, 4.69) is 5.32 Å². The van der Waals surface area contributed by atoms with Gasteiger partial charge in [-0.25, -0.2) is 4.79 Å². The Kier molecular flexibility index (Phi) is 4.14. The van der Waals surface area contributed by atoms with E-state index in [1.54, 1.807) is 30.3 Å². The molecule has 0 saturated heterocycles. The van der Waals surface area contributed by atoms with Crippen molar-refractivity contribution in [3.63, 3.8) is 0 Å². The standard InChI is InChI=1S/C17H15NO5/c1-2-21-11-5-6-13-14(9-16(19)23-15(13)8-11)17(20)18-10-12-4-3-7-22-12/h3-9H,2,10H2,1H3,(H,18,20). The van der Waals surface area contributed by atoms with Crippen molar-refractivity contribution in [1.82, 2.24) is 5.32 Å². The number of carbonyl (C=O) groups excluding carboxylic acids is 1. The van der Waals surface area contributed by atoms with Crippen LogP contribution in [0.3, 0.4) is 0 Å². The number of ether oxygens (including phenoxy) is 1. The number of amides is 1. The summed E-state index contributed by atoms with van der Waals surface area (Å²) in [5.41, 5.74) is -0.0215. The van der Waals surface area contributed by atoms with Crippen LogP contribution in [0.25, 0.3) is 11.0 Å². The molecule has 0 fully saturated rings. The molecule has 2 aromatic heterocycles. The van der Waals surface area contributed by atoms with Crippen LogP contribution in [0.15, 0.2) is 56.3 Å². The summed E-state index contributed by atoms with van der Waals surface area (Å²) < 4.78 is 15.7. The van der Waals surface area contributed by atoms with Gasteiger partial charge in [0.15, 0.2) is 0 Å². The molecule has 0 atom stereocenters. The molecule has 23 heavy (non-hydrogen) atoms. The van der Waals surface area contributed by atoms with Crippen LogP contribution < -0.4 is 15.7 Å². The molecule has 1 amide bonds. The van der Waals surface area contributed by atoms with Gasteiger partial charge in [0.05, 0.1) is 25.0 Å². The molecule has 0 unspecified atom stereocenters. The van der Waals surface area contributed by atoms with Crippen LogP contribution >= 0.6 is 0 Å². The number of hydrogen-bond acceptors (Lipinski definition) is 5. The number of hydrogen-bond donors (Lipinski definition) is 1. The largest absolute Gasteiger partial charge is 0.494 e. The summed E-state index contributed by atoms with van der Waals surface area (Å²) in [5, 5.41) is 3.26. The zero-order chi connectivity index (χ0) is 16.2. The fourth-order valence-electron chi connectivity index (χ4n) is 2.26. The molecule has 2 heterocycles. The van der Waals surface area contributed by atoms with Crippen molar-refractivity contribution in [2.24, 2.45) is 0 Å². The minimum absolute atomic E-state index is 0.241. The summed E-state index contributed by atoms with van der Waals surface area (Å²) >= 11 is 0. The summed E-state index contributed by atoms with van der Waals surface area (Å²) in [4.78, 5) is 24.1. The number of furan rings is 1. The Morgan fingerprint density at radius 1 is 1.26 bits per heavy atom. The van der Waals surface area contributed by atoms with E-state index < -0.39 is 5.63 Å². The van der Waals surface area contributed by atoms with Crippen molar-refractivity contribution in [2.45, 2.75) is 13.5 Å². The molecule has 0 spiro atoms. The van der Waals surface area contributed by atoms with Crippen molar-refractivity contribution < 1.29 is 18.4 Å². The van der Waals surface area contributed by atoms with Crippen LogP contribution in [0.4, 0.5) is 0 Å². The number of carbonyl (C=O) groups is 1. The normalized spacial score (nSPS) is 10.7. The molecule has 0 radical (unpaired) electrons. The predicted molar refractivity (Wildman–Crippen MR) is 83.5 cm³/mol. The van der Waals surface area contributed by atoms with E-state index in [4.69, 9.17) is 13.6 Å². The predicted octanol–water partition coefficient (Wildman–Crippen LogP) is 2.71. The van der Waals surface area contributed by atoms with E-state index in [-0.39, 0.29) is 18.0 Å². The first-order valence-corrected chi connectivity index (χ1v) is 7.18. The molecule has 0 bridgehead atoms. The molecule has 0 aliphatic carbocycles. The smallest absolute Gasteiger partial charge is 0.337 e. The molecule has 0 aliphatic rings. The van der Waals surface area contributed by atoms with Crippen LogP contribution in [0.1, 0.15) is 23.0 Å². The fourth-order valence-corrected chi connectivity index (χ4v) is 2.26. The van der Waals surface area contributed by atoms with Gasteiger partial charge < -0.3 is 18.9 Å². The van der Waals surface area contributed by atoms with Gasteiger partial charge in [0.1, 0.15) is 17.1 Å². The van der Waals surface area contributed by atoms with E-state index in [1.165, 1.54) is 12.3 Å². The van der Waals surface area contributed by atoms with E-state index in [1.807, 2.05) is 6.92 Å². The van der Waals surface area contributed by atoms with Crippen molar-refractivity contribution in [3.05, 3.63) is 64.4 Å². The van der Waals surface area contributed by atoms with E-state index in [0.717, 1.165) is 0 Å². The molecule has 1 N–H and O–H groups in total. The highest BCUT2D eigenvalue weighted by Gasteiger charge is 2.14. The van der Waals surface area contributed by atoms with Gasteiger partial charge in [-0.2, -0.15) is 0 Å². The molecule has 0 saturated carbocycles. The third-order valence-electron chi connectivity index (χ3n) is 3.27. The van der Waals surface area contributed by atoms with Crippen molar-refractivity contribution >= 4 is 16.9 Å². The van der Waals surface area contributed by atoms with Gasteiger partial charge in [-0.15, -0.1) is 0 Å². The average Bonchev–Trinajstić information content (AvgIpc) is 3.05. The summed E-state index contributed by atoms with van der Waals surface area (Å²) in [6, 6.07) is 9.71. The van der Waals surface area contributed by atoms with E-state index in [0.29, 0.717) is 29.1 Å². The first kappa shape index (κ1) is 14.9. The maximum Gasteiger partial charge on any atom is 0.337 e. The Morgan fingerprint density at radius 2 is 2.13 bits per heavy atom. The third kappa shape index (κ3) is 3.26. The van der Waals surface area contributed by atoms with Gasteiger partial charge in [-0.3, -0.25) is 4.79 Å². The van der Waals surface area contributed by atoms with Gasteiger partial charge in [-0.1, -0.05) is 0 Å². The summed E-state index contributed by atoms with van der Waals surface area (Å²) in [6.07, 6.45) is 1.53. The van der Waals surface area contributed by atoms with Gasteiger partial charge in [-0.05, 0) is 31.2 Å². The lowest BCUT2D eigenvalue weighted by Gasteiger charge is -2.08.